The highest BCUT2D eigenvalue weighted by molar-refractivity contribution is 7.14. The Morgan fingerprint density at radius 1 is 1.25 bits per heavy atom. The molecule has 24 heavy (non-hydrogen) atoms. The molecule has 0 bridgehead atoms. The van der Waals surface area contributed by atoms with Crippen molar-refractivity contribution in [2.45, 2.75) is 6.42 Å². The van der Waals surface area contributed by atoms with Crippen LogP contribution in [0.5, 0.6) is 0 Å². The zero-order valence-corrected chi connectivity index (χ0v) is 13.7. The summed E-state index contributed by atoms with van der Waals surface area (Å²) in [7, 11) is 1.57. The second-order valence-electron chi connectivity index (χ2n) is 4.98. The highest BCUT2D eigenvalue weighted by atomic mass is 32.1. The van der Waals surface area contributed by atoms with Crippen molar-refractivity contribution in [2.24, 2.45) is 0 Å². The molecule has 1 aromatic carbocycles. The summed E-state index contributed by atoms with van der Waals surface area (Å²) in [5.41, 5.74) is 2.58. The van der Waals surface area contributed by atoms with Gasteiger partial charge in [0, 0.05) is 18.0 Å². The predicted molar refractivity (Wildman–Crippen MR) is 91.9 cm³/mol. The van der Waals surface area contributed by atoms with Crippen LogP contribution in [0.3, 0.4) is 0 Å². The fourth-order valence-corrected chi connectivity index (χ4v) is 2.76. The van der Waals surface area contributed by atoms with Gasteiger partial charge in [0.2, 0.25) is 5.91 Å². The molecule has 0 aliphatic heterocycles. The Balaban J connectivity index is 1.67. The first-order valence-corrected chi connectivity index (χ1v) is 8.11. The molecule has 3 aromatic rings. The zero-order chi connectivity index (χ0) is 16.9. The smallest absolute Gasteiger partial charge is 0.275 e. The summed E-state index contributed by atoms with van der Waals surface area (Å²) >= 11 is 1.27. The Morgan fingerprint density at radius 3 is 2.79 bits per heavy atom. The van der Waals surface area contributed by atoms with E-state index in [9.17, 15) is 9.59 Å². The number of anilines is 1. The molecule has 3 N–H and O–H groups in total. The maximum absolute atomic E-state index is 12.3. The summed E-state index contributed by atoms with van der Waals surface area (Å²) in [4.78, 5) is 27.8. The van der Waals surface area contributed by atoms with Crippen LogP contribution in [0, 0.1) is 0 Å². The third kappa shape index (κ3) is 3.66. The fraction of sp³-hybridized carbons (Fsp3) is 0.125. The molecular weight excluding hydrogens is 326 g/mol. The lowest BCUT2D eigenvalue weighted by atomic mass is 10.1. The Hall–Kier alpha value is -3.00. The number of nitrogens with zero attached hydrogens (tertiary/aromatic N) is 2. The molecule has 0 fully saturated rings. The summed E-state index contributed by atoms with van der Waals surface area (Å²) in [6.45, 7) is 0. The van der Waals surface area contributed by atoms with E-state index >= 15 is 0 Å². The standard InChI is InChI=1S/C16H15N5O2S/c1-17-14(22)7-11-9-24-16(18-11)19-15(23)13-8-12(20-21-13)10-5-3-2-4-6-10/h2-6,8-9H,7H2,1H3,(H,17,22)(H,20,21)(H,18,19,23). The normalized spacial score (nSPS) is 10.4. The van der Waals surface area contributed by atoms with Crippen molar-refractivity contribution in [1.29, 1.82) is 0 Å². The quantitative estimate of drug-likeness (QED) is 0.661. The molecule has 0 saturated carbocycles. The van der Waals surface area contributed by atoms with Crippen LogP contribution in [0.2, 0.25) is 0 Å². The van der Waals surface area contributed by atoms with Crippen molar-refractivity contribution in [1.82, 2.24) is 20.5 Å². The summed E-state index contributed by atoms with van der Waals surface area (Å²) < 4.78 is 0. The number of H-pyrrole nitrogens is 1. The molecule has 8 heteroatoms. The topological polar surface area (TPSA) is 99.8 Å². The predicted octanol–water partition coefficient (Wildman–Crippen LogP) is 2.07. The molecule has 0 saturated heterocycles. The number of benzene rings is 1. The number of carbonyl (C=O) groups excluding carboxylic acids is 2. The first-order valence-electron chi connectivity index (χ1n) is 7.23. The summed E-state index contributed by atoms with van der Waals surface area (Å²) in [5, 5.41) is 14.3. The molecule has 0 spiro atoms. The van der Waals surface area contributed by atoms with Gasteiger partial charge in [-0.15, -0.1) is 11.3 Å². The molecule has 0 atom stereocenters. The number of hydrogen-bond donors (Lipinski definition) is 3. The van der Waals surface area contributed by atoms with Gasteiger partial charge in [-0.25, -0.2) is 4.98 Å². The molecule has 2 heterocycles. The van der Waals surface area contributed by atoms with E-state index in [4.69, 9.17) is 0 Å². The van der Waals surface area contributed by atoms with Crippen LogP contribution in [0.1, 0.15) is 16.2 Å². The second-order valence-corrected chi connectivity index (χ2v) is 5.84. The van der Waals surface area contributed by atoms with Gasteiger partial charge in [0.15, 0.2) is 5.13 Å². The van der Waals surface area contributed by atoms with Crippen LogP contribution < -0.4 is 10.6 Å². The number of aromatic amines is 1. The van der Waals surface area contributed by atoms with E-state index in [0.29, 0.717) is 22.2 Å². The first kappa shape index (κ1) is 15.9. The minimum absolute atomic E-state index is 0.126. The van der Waals surface area contributed by atoms with Crippen LogP contribution >= 0.6 is 11.3 Å². The van der Waals surface area contributed by atoms with Crippen molar-refractivity contribution in [3.63, 3.8) is 0 Å². The van der Waals surface area contributed by atoms with Gasteiger partial charge in [-0.05, 0) is 6.07 Å². The van der Waals surface area contributed by atoms with Gasteiger partial charge < -0.3 is 5.32 Å². The fourth-order valence-electron chi connectivity index (χ4n) is 2.06. The molecule has 3 rings (SSSR count). The second kappa shape index (κ2) is 7.05. The molecule has 0 aliphatic carbocycles. The van der Waals surface area contributed by atoms with Gasteiger partial charge >= 0.3 is 0 Å². The van der Waals surface area contributed by atoms with E-state index in [0.717, 1.165) is 5.56 Å². The SMILES string of the molecule is CNC(=O)Cc1csc(NC(=O)c2cc(-c3ccccc3)n[nH]2)n1. The highest BCUT2D eigenvalue weighted by Crippen LogP contribution is 2.19. The third-order valence-corrected chi connectivity index (χ3v) is 4.09. The van der Waals surface area contributed by atoms with Crippen LogP contribution in [0.4, 0.5) is 5.13 Å². The Morgan fingerprint density at radius 2 is 2.04 bits per heavy atom. The molecule has 2 aromatic heterocycles. The van der Waals surface area contributed by atoms with Gasteiger partial charge in [0.25, 0.3) is 5.91 Å². The van der Waals surface area contributed by atoms with Crippen molar-refractivity contribution < 1.29 is 9.59 Å². The third-order valence-electron chi connectivity index (χ3n) is 3.28. The minimum Gasteiger partial charge on any atom is -0.359 e. The number of thiazole rings is 1. The first-order chi connectivity index (χ1) is 11.7. The van der Waals surface area contributed by atoms with Crippen LogP contribution in [0.25, 0.3) is 11.3 Å². The molecule has 7 nitrogen and oxygen atoms in total. The van der Waals surface area contributed by atoms with E-state index in [1.54, 1.807) is 18.5 Å². The molecule has 122 valence electrons. The average Bonchev–Trinajstić information content (AvgIpc) is 3.25. The van der Waals surface area contributed by atoms with Crippen LogP contribution in [0.15, 0.2) is 41.8 Å². The summed E-state index contributed by atoms with van der Waals surface area (Å²) in [6.07, 6.45) is 0.186. The van der Waals surface area contributed by atoms with Crippen molar-refractivity contribution in [2.75, 3.05) is 12.4 Å². The summed E-state index contributed by atoms with van der Waals surface area (Å²) in [6, 6.07) is 11.3. The molecule has 0 radical (unpaired) electrons. The minimum atomic E-state index is -0.328. The van der Waals surface area contributed by atoms with E-state index in [2.05, 4.69) is 25.8 Å². The zero-order valence-electron chi connectivity index (χ0n) is 12.9. The Kier molecular flexibility index (Phi) is 4.66. The van der Waals surface area contributed by atoms with E-state index in [1.807, 2.05) is 30.3 Å². The van der Waals surface area contributed by atoms with Crippen molar-refractivity contribution in [3.8, 4) is 11.3 Å². The Labute approximate surface area is 142 Å². The Bertz CT molecular complexity index is 856. The van der Waals surface area contributed by atoms with Crippen molar-refractivity contribution in [3.05, 3.63) is 53.2 Å². The van der Waals surface area contributed by atoms with Gasteiger partial charge in [0.05, 0.1) is 17.8 Å². The van der Waals surface area contributed by atoms with Gasteiger partial charge in [-0.3, -0.25) is 20.0 Å². The lowest BCUT2D eigenvalue weighted by Gasteiger charge is -1.98. The maximum atomic E-state index is 12.3. The van der Waals surface area contributed by atoms with E-state index < -0.39 is 0 Å². The molecular formula is C16H15N5O2S. The number of hydrogen-bond acceptors (Lipinski definition) is 5. The number of carbonyl (C=O) groups is 2. The number of amides is 2. The highest BCUT2D eigenvalue weighted by Gasteiger charge is 2.13. The number of likely N-dealkylation sites (N-methyl/N-ethyl adjacent to an activating group) is 1. The number of aromatic nitrogens is 3. The van der Waals surface area contributed by atoms with Crippen molar-refractivity contribution >= 4 is 28.3 Å². The number of nitrogens with one attached hydrogen (secondary N) is 3. The van der Waals surface area contributed by atoms with Crippen LogP contribution in [-0.2, 0) is 11.2 Å². The maximum Gasteiger partial charge on any atom is 0.275 e. The van der Waals surface area contributed by atoms with Crippen LogP contribution in [-0.4, -0.2) is 34.0 Å². The molecule has 0 aliphatic rings. The van der Waals surface area contributed by atoms with Gasteiger partial charge in [-0.2, -0.15) is 5.10 Å². The monoisotopic (exact) mass is 341 g/mol. The van der Waals surface area contributed by atoms with E-state index in [1.165, 1.54) is 11.3 Å². The lowest BCUT2D eigenvalue weighted by Crippen LogP contribution is -2.20. The van der Waals surface area contributed by atoms with E-state index in [-0.39, 0.29) is 18.2 Å². The average molecular weight is 341 g/mol. The van der Waals surface area contributed by atoms with Gasteiger partial charge in [-0.1, -0.05) is 30.3 Å². The lowest BCUT2D eigenvalue weighted by molar-refractivity contribution is -0.120. The molecule has 2 amide bonds. The number of rotatable bonds is 5. The van der Waals surface area contributed by atoms with Gasteiger partial charge in [0.1, 0.15) is 5.69 Å². The largest absolute Gasteiger partial charge is 0.359 e. The summed E-state index contributed by atoms with van der Waals surface area (Å²) in [5.74, 6) is -0.454. The molecule has 0 unspecified atom stereocenters.